The van der Waals surface area contributed by atoms with Gasteiger partial charge in [-0.15, -0.1) is 0 Å². The van der Waals surface area contributed by atoms with Gasteiger partial charge in [0.2, 0.25) is 0 Å². The molecule has 0 bridgehead atoms. The summed E-state index contributed by atoms with van der Waals surface area (Å²) in [5.74, 6) is -1.42. The Bertz CT molecular complexity index is 1280. The Labute approximate surface area is 536 Å². The Morgan fingerprint density at radius 3 is 0.289 bits per heavy atom. The van der Waals surface area contributed by atoms with E-state index >= 15 is 0 Å². The zero-order valence-electron chi connectivity index (χ0n) is 43.7. The Balaban J connectivity index is 12.3. The van der Waals surface area contributed by atoms with Crippen molar-refractivity contribution in [2.75, 3.05) is 0 Å². The molecule has 0 heterocycles. The lowest BCUT2D eigenvalue weighted by Crippen LogP contribution is -2.99. The van der Waals surface area contributed by atoms with Gasteiger partial charge in [0.15, 0.2) is 0 Å². The summed E-state index contributed by atoms with van der Waals surface area (Å²) in [6.07, 6.45) is -58.2. The second kappa shape index (κ2) is 37.3. The van der Waals surface area contributed by atoms with Crippen LogP contribution in [0, 0.1) is 0 Å². The standard InChI is InChI=1S/B75HS/c1-39(2)59(40(3)4)68(57(37)58(38)76)73(69(60(41(5)6)42(7)8)61(43(9)10)44(11)12)75(72(66(53(29)30)54(31)32)67(55(33)34)56(35)36)74(70(62(45(13)14)46(15)16)63(47(17)18)48(19)20)71(64(49(21)22)50(23)24)65(51(25)26)52(27)28/h76H. The largest absolute Gasteiger partial charge is 0.248 e. The Kier molecular flexibility index (Phi) is 39.8. The van der Waals surface area contributed by atoms with Crippen LogP contribution in [0.3, 0.4) is 0 Å². The lowest BCUT2D eigenvalue weighted by Gasteiger charge is -2.61. The molecule has 76 radical (unpaired) electrons. The molecule has 0 atom stereocenters. The van der Waals surface area contributed by atoms with E-state index in [-0.39, 0.29) is 0 Å². The monoisotopic (exact) mass is 859 g/mol. The van der Waals surface area contributed by atoms with E-state index in [1.165, 1.54) is 0 Å². The molecule has 0 amide bonds. The maximum absolute atomic E-state index is 7.40. The van der Waals surface area contributed by atoms with Gasteiger partial charge in [0.05, 0.1) is 0 Å². The van der Waals surface area contributed by atoms with E-state index in [9.17, 15) is 0 Å². The SMILES string of the molecule is [B]B([B])B(B([B])[B])B(B([B])B([B])S)B(B(B(B([B])[B])B([B])[B])B(B([B])[B])B([B])[B])B(B(B(B([B])[B])B([B])[B])B(B([B])[B])B([B])[B])B(B(B(B([B])[B])B([B])[B])B(B([B])[B])B([B])[B])B(B(B([B])[B])B([B])[B])B(B([B])[B])B([B])[B]. The van der Waals surface area contributed by atoms with Crippen LogP contribution in [0.4, 0.5) is 0 Å². The van der Waals surface area contributed by atoms with Gasteiger partial charge in [-0.05, 0) is 0 Å². The van der Waals surface area contributed by atoms with E-state index in [0.29, 0.717) is 0 Å². The first kappa shape index (κ1) is 81.2. The molecule has 0 aromatic carbocycles. The molecule has 0 spiro atoms. The van der Waals surface area contributed by atoms with Gasteiger partial charge in [-0.2, -0.15) is 0 Å². The predicted octanol–water partition coefficient (Wildman–Crippen LogP) is -28.2. The van der Waals surface area contributed by atoms with Gasteiger partial charge in [0, 0.05) is 524 Å². The molecule has 0 fully saturated rings. The fourth-order valence-corrected chi connectivity index (χ4v) is 13.5. The highest BCUT2D eigenvalue weighted by Gasteiger charge is 2.65. The van der Waals surface area contributed by atoms with Crippen molar-refractivity contribution >= 4 is 542 Å². The molecular weight excluding hydrogens is 843 g/mol. The quantitative estimate of drug-likeness (QED) is 0.0471. The molecule has 0 saturated heterocycles. The van der Waals surface area contributed by atoms with Crippen molar-refractivity contribution in [3.05, 3.63) is 0 Å². The summed E-state index contributed by atoms with van der Waals surface area (Å²) >= 11 is 4.67. The average Bonchev–Trinajstić information content (AvgIpc) is 3.19. The summed E-state index contributed by atoms with van der Waals surface area (Å²) in [6.45, 7) is 0. The van der Waals surface area contributed by atoms with Crippen LogP contribution < -0.4 is 0 Å². The summed E-state index contributed by atoms with van der Waals surface area (Å²) in [6, 6.07) is 0. The number of hydrogen-bond acceptors (Lipinski definition) is 1. The van der Waals surface area contributed by atoms with Crippen molar-refractivity contribution in [3.8, 4) is 0 Å². The molecule has 0 N–H and O–H groups in total. The maximum Gasteiger partial charge on any atom is 0.107 e. The minimum atomic E-state index is -1.83. The van der Waals surface area contributed by atoms with Crippen LogP contribution in [0.15, 0.2) is 0 Å². The Morgan fingerprint density at radius 1 is 0.118 bits per heavy atom. The fourth-order valence-electron chi connectivity index (χ4n) is 13.3. The molecule has 0 aliphatic heterocycles. The van der Waals surface area contributed by atoms with Gasteiger partial charge in [-0.25, -0.2) is 12.5 Å². The highest BCUT2D eigenvalue weighted by Crippen LogP contribution is 2.27. The molecule has 232 valence electrons. The number of hydrogen-bond donors (Lipinski definition) is 1. The topological polar surface area (TPSA) is 0 Å². The summed E-state index contributed by atoms with van der Waals surface area (Å²) in [5.41, 5.74) is 0. The highest BCUT2D eigenvalue weighted by atomic mass is 32.1. The van der Waals surface area contributed by atoms with Gasteiger partial charge in [0.25, 0.3) is 0 Å². The zero-order chi connectivity index (χ0) is 60.4. The van der Waals surface area contributed by atoms with Gasteiger partial charge < -0.3 is 0 Å². The van der Waals surface area contributed by atoms with Crippen molar-refractivity contribution in [1.82, 2.24) is 0 Å². The molecule has 76 heteroatoms. The molecule has 0 unspecified atom stereocenters. The first-order valence-electron chi connectivity index (χ1n) is 24.9. The van der Waals surface area contributed by atoms with Crippen LogP contribution in [0.5, 0.6) is 0 Å². The van der Waals surface area contributed by atoms with Crippen LogP contribution in [0.2, 0.25) is 0 Å². The van der Waals surface area contributed by atoms with Crippen molar-refractivity contribution in [3.63, 3.8) is 0 Å². The minimum Gasteiger partial charge on any atom is -0.248 e. The molecular formula is HB75S. The second-order valence-electron chi connectivity index (χ2n) is 21.3. The second-order valence-corrected chi connectivity index (χ2v) is 21.9. The summed E-state index contributed by atoms with van der Waals surface area (Å²) in [5, 5.41) is 0. The van der Waals surface area contributed by atoms with Crippen molar-refractivity contribution in [2.45, 2.75) is 0 Å². The first-order chi connectivity index (χ1) is 34.5. The average molecular weight is 844 g/mol. The fraction of sp³-hybridized carbons (Fsp3) is 0. The first-order valence-corrected chi connectivity index (χ1v) is 25.4. The highest BCUT2D eigenvalue weighted by molar-refractivity contribution is 8.42. The van der Waals surface area contributed by atoms with Crippen LogP contribution in [0.25, 0.3) is 0 Å². The zero-order valence-corrected chi connectivity index (χ0v) is 44.6. The predicted molar refractivity (Wildman–Crippen MR) is 441 cm³/mol. The van der Waals surface area contributed by atoms with E-state index in [1.807, 2.05) is 0 Å². The smallest absolute Gasteiger partial charge is 0.107 e. The van der Waals surface area contributed by atoms with Crippen LogP contribution in [-0.2, 0) is 0 Å². The third kappa shape index (κ3) is 21.8. The van der Waals surface area contributed by atoms with Crippen molar-refractivity contribution < 1.29 is 0 Å². The van der Waals surface area contributed by atoms with Gasteiger partial charge in [-0.3, -0.25) is 0 Å². The summed E-state index contributed by atoms with van der Waals surface area (Å²) in [4.78, 5) is 0. The minimum absolute atomic E-state index is 1.42. The lowest BCUT2D eigenvalue weighted by atomic mass is 8.21. The molecule has 0 aromatic heterocycles. The maximum atomic E-state index is 7.40. The van der Waals surface area contributed by atoms with Gasteiger partial charge in [0.1, 0.15) is 5.77 Å². The summed E-state index contributed by atoms with van der Waals surface area (Å²) < 4.78 is 0. The van der Waals surface area contributed by atoms with E-state index in [1.54, 1.807) is 0 Å². The Morgan fingerprint density at radius 2 is 0.197 bits per heavy atom. The van der Waals surface area contributed by atoms with E-state index in [0.717, 1.165) is 0 Å². The van der Waals surface area contributed by atoms with E-state index < -0.39 is 236 Å². The summed E-state index contributed by atoms with van der Waals surface area (Å²) in [7, 11) is 260. The number of rotatable bonds is 36. The third-order valence-electron chi connectivity index (χ3n) is 15.9. The number of thiol groups is 1. The van der Waals surface area contributed by atoms with Crippen LogP contribution in [-0.4, -0.2) is 530 Å². The third-order valence-corrected chi connectivity index (χ3v) is 16.3. The molecule has 0 aliphatic carbocycles. The van der Waals surface area contributed by atoms with Gasteiger partial charge in [-0.1, -0.05) is 0 Å². The molecule has 0 saturated carbocycles. The normalized spacial score (nSPS) is 9.80. The molecule has 76 heavy (non-hydrogen) atoms. The van der Waals surface area contributed by atoms with Crippen molar-refractivity contribution in [1.29, 1.82) is 0 Å². The van der Waals surface area contributed by atoms with E-state index in [4.69, 9.17) is 294 Å². The molecule has 0 nitrogen and oxygen atoms in total. The van der Waals surface area contributed by atoms with Crippen LogP contribution in [0.1, 0.15) is 0 Å². The molecule has 0 aromatic rings. The molecule has 0 rings (SSSR count). The molecule has 0 aliphatic rings. The van der Waals surface area contributed by atoms with Crippen LogP contribution >= 0.6 is 12.5 Å². The Hall–Kier alpha value is 5.22. The van der Waals surface area contributed by atoms with Gasteiger partial charge >= 0.3 is 0 Å². The lowest BCUT2D eigenvalue weighted by molar-refractivity contribution is 3.15. The van der Waals surface area contributed by atoms with Crippen molar-refractivity contribution in [2.24, 2.45) is 0 Å². The van der Waals surface area contributed by atoms with E-state index in [2.05, 4.69) is 12.5 Å².